The van der Waals surface area contributed by atoms with Gasteiger partial charge in [-0.1, -0.05) is 6.07 Å². The molecule has 1 fully saturated rings. The molecule has 1 aromatic heterocycles. The van der Waals surface area contributed by atoms with Gasteiger partial charge in [0.05, 0.1) is 10.6 Å². The lowest BCUT2D eigenvalue weighted by molar-refractivity contribution is -0.384. The molecule has 2 N–H and O–H groups in total. The number of hydrogen-bond acceptors (Lipinski definition) is 6. The Morgan fingerprint density at radius 1 is 1.26 bits per heavy atom. The van der Waals surface area contributed by atoms with Gasteiger partial charge >= 0.3 is 6.03 Å². The van der Waals surface area contributed by atoms with Crippen LogP contribution < -0.4 is 10.6 Å². The lowest BCUT2D eigenvalue weighted by Crippen LogP contribution is -2.42. The van der Waals surface area contributed by atoms with Gasteiger partial charge in [-0.3, -0.25) is 29.6 Å². The maximum Gasteiger partial charge on any atom is 0.325 e. The predicted octanol–water partition coefficient (Wildman–Crippen LogP) is 1.40. The second-order valence-electron chi connectivity index (χ2n) is 6.01. The summed E-state index contributed by atoms with van der Waals surface area (Å²) < 4.78 is 0. The minimum absolute atomic E-state index is 0.117. The third-order valence-corrected chi connectivity index (χ3v) is 4.12. The molecule has 2 aromatic rings. The first kappa shape index (κ1) is 18.0. The third-order valence-electron chi connectivity index (χ3n) is 4.12. The zero-order chi connectivity index (χ0) is 19.6. The van der Waals surface area contributed by atoms with E-state index >= 15 is 0 Å². The molecule has 0 saturated carbocycles. The van der Waals surface area contributed by atoms with Gasteiger partial charge in [-0.25, -0.2) is 4.79 Å². The molecule has 0 aliphatic carbocycles. The first-order valence-electron chi connectivity index (χ1n) is 7.91. The highest BCUT2D eigenvalue weighted by atomic mass is 16.6. The zero-order valence-electron chi connectivity index (χ0n) is 14.2. The Kier molecular flexibility index (Phi) is 4.55. The van der Waals surface area contributed by atoms with Crippen LogP contribution in [0.4, 0.5) is 16.2 Å². The van der Waals surface area contributed by atoms with Crippen molar-refractivity contribution in [3.63, 3.8) is 0 Å². The fraction of sp³-hybridized carbons (Fsp3) is 0.176. The minimum atomic E-state index is -1.36. The van der Waals surface area contributed by atoms with E-state index in [4.69, 9.17) is 0 Å². The van der Waals surface area contributed by atoms with E-state index in [-0.39, 0.29) is 5.69 Å². The fourth-order valence-electron chi connectivity index (χ4n) is 2.68. The van der Waals surface area contributed by atoms with Crippen LogP contribution in [0.2, 0.25) is 0 Å². The molecule has 0 radical (unpaired) electrons. The number of hydrogen-bond donors (Lipinski definition) is 2. The van der Waals surface area contributed by atoms with E-state index < -0.39 is 34.9 Å². The summed E-state index contributed by atoms with van der Waals surface area (Å²) in [5.41, 5.74) is -0.800. The maximum absolute atomic E-state index is 12.7. The molecule has 3 rings (SSSR count). The Hall–Kier alpha value is -3.82. The van der Waals surface area contributed by atoms with E-state index in [1.807, 2.05) is 0 Å². The van der Waals surface area contributed by atoms with Gasteiger partial charge in [0.25, 0.3) is 11.6 Å². The first-order chi connectivity index (χ1) is 12.8. The van der Waals surface area contributed by atoms with Crippen molar-refractivity contribution in [2.24, 2.45) is 0 Å². The van der Waals surface area contributed by atoms with Crippen LogP contribution in [0.1, 0.15) is 12.6 Å². The fourth-order valence-corrected chi connectivity index (χ4v) is 2.68. The molecule has 1 aliphatic heterocycles. The van der Waals surface area contributed by atoms with Gasteiger partial charge in [0.2, 0.25) is 5.91 Å². The highest BCUT2D eigenvalue weighted by molar-refractivity contribution is 6.10. The number of aromatic nitrogens is 1. The number of nitro benzene ring substituents is 1. The van der Waals surface area contributed by atoms with Crippen LogP contribution in [0.15, 0.2) is 48.7 Å². The number of amides is 4. The Bertz CT molecular complexity index is 915. The molecule has 138 valence electrons. The maximum atomic E-state index is 12.7. The number of imide groups is 1. The molecule has 10 nitrogen and oxygen atoms in total. The number of carbonyl (C=O) groups is 3. The average Bonchev–Trinajstić information content (AvgIpc) is 2.87. The molecule has 27 heavy (non-hydrogen) atoms. The zero-order valence-corrected chi connectivity index (χ0v) is 14.2. The molecule has 2 heterocycles. The minimum Gasteiger partial charge on any atom is -0.325 e. The second-order valence-corrected chi connectivity index (χ2v) is 6.01. The van der Waals surface area contributed by atoms with Crippen LogP contribution >= 0.6 is 0 Å². The average molecular weight is 369 g/mol. The van der Waals surface area contributed by atoms with Gasteiger partial charge in [-0.2, -0.15) is 0 Å². The third kappa shape index (κ3) is 3.45. The van der Waals surface area contributed by atoms with Crippen molar-refractivity contribution in [1.29, 1.82) is 0 Å². The molecule has 4 amide bonds. The first-order valence-corrected chi connectivity index (χ1v) is 7.91. The van der Waals surface area contributed by atoms with Crippen LogP contribution in [-0.2, 0) is 15.1 Å². The van der Waals surface area contributed by atoms with Crippen LogP contribution in [0.25, 0.3) is 0 Å². The highest BCUT2D eigenvalue weighted by Gasteiger charge is 2.50. The molecular weight excluding hydrogens is 354 g/mol. The van der Waals surface area contributed by atoms with Crippen molar-refractivity contribution >= 4 is 29.2 Å². The summed E-state index contributed by atoms with van der Waals surface area (Å²) in [6, 6.07) is 9.48. The largest absolute Gasteiger partial charge is 0.325 e. The highest BCUT2D eigenvalue weighted by Crippen LogP contribution is 2.27. The van der Waals surface area contributed by atoms with Crippen molar-refractivity contribution in [1.82, 2.24) is 15.2 Å². The molecular formula is C17H15N5O5. The number of rotatable bonds is 5. The molecule has 0 bridgehead atoms. The second kappa shape index (κ2) is 6.83. The molecule has 1 atom stereocenters. The number of anilines is 1. The number of nitrogens with one attached hydrogen (secondary N) is 2. The summed E-state index contributed by atoms with van der Waals surface area (Å²) in [5, 5.41) is 15.7. The summed E-state index contributed by atoms with van der Waals surface area (Å²) in [4.78, 5) is 52.1. The number of urea groups is 1. The van der Waals surface area contributed by atoms with Gasteiger partial charge in [0.1, 0.15) is 6.54 Å². The van der Waals surface area contributed by atoms with Crippen LogP contribution in [0.5, 0.6) is 0 Å². The summed E-state index contributed by atoms with van der Waals surface area (Å²) in [6.07, 6.45) is 1.50. The smallest absolute Gasteiger partial charge is 0.325 e. The molecule has 1 aliphatic rings. The van der Waals surface area contributed by atoms with Gasteiger partial charge in [-0.15, -0.1) is 0 Å². The lowest BCUT2D eigenvalue weighted by atomic mass is 9.97. The molecule has 1 aromatic carbocycles. The van der Waals surface area contributed by atoms with E-state index in [2.05, 4.69) is 15.6 Å². The number of carbonyl (C=O) groups excluding carboxylic acids is 3. The number of benzene rings is 1. The molecule has 10 heteroatoms. The molecule has 0 spiro atoms. The normalized spacial score (nSPS) is 18.9. The summed E-state index contributed by atoms with van der Waals surface area (Å²) in [6.45, 7) is 1.02. The summed E-state index contributed by atoms with van der Waals surface area (Å²) in [7, 11) is 0. The van der Waals surface area contributed by atoms with Crippen molar-refractivity contribution in [3.8, 4) is 0 Å². The van der Waals surface area contributed by atoms with Crippen molar-refractivity contribution < 1.29 is 19.3 Å². The Balaban J connectivity index is 1.70. The number of pyridine rings is 1. The standard InChI is InChI=1S/C17H15N5O5/c1-17(13-4-2-3-9-18-13)15(24)21(16(25)20-17)10-14(23)19-11-5-7-12(8-6-11)22(26)27/h2-9H,10H2,1H3,(H,19,23)(H,20,25). The van der Waals surface area contributed by atoms with Gasteiger partial charge in [0.15, 0.2) is 5.54 Å². The van der Waals surface area contributed by atoms with Crippen LogP contribution in [-0.4, -0.2) is 39.2 Å². The summed E-state index contributed by atoms with van der Waals surface area (Å²) in [5.74, 6) is -1.21. The Labute approximate surface area is 153 Å². The molecule has 1 saturated heterocycles. The van der Waals surface area contributed by atoms with Gasteiger partial charge in [0, 0.05) is 24.0 Å². The van der Waals surface area contributed by atoms with Crippen molar-refractivity contribution in [2.75, 3.05) is 11.9 Å². The van der Waals surface area contributed by atoms with Crippen molar-refractivity contribution in [2.45, 2.75) is 12.5 Å². The predicted molar refractivity (Wildman–Crippen MR) is 93.6 cm³/mol. The quantitative estimate of drug-likeness (QED) is 0.465. The van der Waals surface area contributed by atoms with E-state index in [9.17, 15) is 24.5 Å². The SMILES string of the molecule is CC1(c2ccccn2)NC(=O)N(CC(=O)Nc2ccc([N+](=O)[O-])cc2)C1=O. The van der Waals surface area contributed by atoms with Crippen LogP contribution in [0, 0.1) is 10.1 Å². The monoisotopic (exact) mass is 369 g/mol. The lowest BCUT2D eigenvalue weighted by Gasteiger charge is -2.20. The Morgan fingerprint density at radius 3 is 2.56 bits per heavy atom. The van der Waals surface area contributed by atoms with E-state index in [1.54, 1.807) is 18.2 Å². The summed E-state index contributed by atoms with van der Waals surface area (Å²) >= 11 is 0. The van der Waals surface area contributed by atoms with E-state index in [0.29, 0.717) is 11.4 Å². The topological polar surface area (TPSA) is 135 Å². The van der Waals surface area contributed by atoms with Gasteiger partial charge in [-0.05, 0) is 31.2 Å². The molecule has 1 unspecified atom stereocenters. The van der Waals surface area contributed by atoms with E-state index in [0.717, 1.165) is 4.90 Å². The number of non-ortho nitro benzene ring substituents is 1. The Morgan fingerprint density at radius 2 is 1.96 bits per heavy atom. The number of nitro groups is 1. The van der Waals surface area contributed by atoms with Gasteiger partial charge < -0.3 is 10.6 Å². The number of nitrogens with zero attached hydrogens (tertiary/aromatic N) is 3. The van der Waals surface area contributed by atoms with Crippen LogP contribution in [0.3, 0.4) is 0 Å². The van der Waals surface area contributed by atoms with Crippen molar-refractivity contribution in [3.05, 3.63) is 64.5 Å². The van der Waals surface area contributed by atoms with E-state index in [1.165, 1.54) is 37.4 Å².